The number of anilines is 1. The monoisotopic (exact) mass is 266 g/mol. The maximum atomic E-state index is 12.0. The second-order valence-electron chi connectivity index (χ2n) is 5.95. The van der Waals surface area contributed by atoms with Gasteiger partial charge in [0.15, 0.2) is 5.82 Å². The molecule has 0 aromatic carbocycles. The molecule has 106 valence electrons. The van der Waals surface area contributed by atoms with Crippen molar-refractivity contribution in [3.8, 4) is 0 Å². The number of nitrogens with zero attached hydrogens (tertiary/aromatic N) is 3. The second kappa shape index (κ2) is 5.11. The van der Waals surface area contributed by atoms with E-state index >= 15 is 0 Å². The van der Waals surface area contributed by atoms with Crippen molar-refractivity contribution in [1.82, 2.24) is 15.4 Å². The number of rotatable bonds is 1. The molecule has 1 aromatic heterocycles. The molecule has 0 radical (unpaired) electrons. The summed E-state index contributed by atoms with van der Waals surface area (Å²) in [6.07, 6.45) is 0. The number of amides is 2. The van der Waals surface area contributed by atoms with E-state index in [-0.39, 0.29) is 11.6 Å². The van der Waals surface area contributed by atoms with Gasteiger partial charge in [-0.1, -0.05) is 5.16 Å². The Labute approximate surface area is 113 Å². The van der Waals surface area contributed by atoms with E-state index in [9.17, 15) is 4.79 Å². The Morgan fingerprint density at radius 1 is 1.32 bits per heavy atom. The molecule has 0 unspecified atom stereocenters. The van der Waals surface area contributed by atoms with Gasteiger partial charge in [-0.3, -0.25) is 0 Å². The lowest BCUT2D eigenvalue weighted by Gasteiger charge is -2.36. The van der Waals surface area contributed by atoms with E-state index in [0.717, 1.165) is 24.7 Å². The third-order valence-electron chi connectivity index (χ3n) is 2.99. The van der Waals surface area contributed by atoms with E-state index in [1.807, 2.05) is 38.7 Å². The van der Waals surface area contributed by atoms with Gasteiger partial charge >= 0.3 is 6.03 Å². The van der Waals surface area contributed by atoms with Crippen LogP contribution in [-0.2, 0) is 0 Å². The molecule has 1 fully saturated rings. The van der Waals surface area contributed by atoms with Gasteiger partial charge in [0.2, 0.25) is 0 Å². The molecule has 0 atom stereocenters. The molecule has 2 amide bonds. The van der Waals surface area contributed by atoms with Crippen molar-refractivity contribution in [1.29, 1.82) is 0 Å². The highest BCUT2D eigenvalue weighted by atomic mass is 16.5. The van der Waals surface area contributed by atoms with Crippen LogP contribution in [0.2, 0.25) is 0 Å². The highest BCUT2D eigenvalue weighted by molar-refractivity contribution is 5.75. The highest BCUT2D eigenvalue weighted by Gasteiger charge is 2.25. The Hall–Kier alpha value is -1.72. The van der Waals surface area contributed by atoms with Crippen molar-refractivity contribution in [2.45, 2.75) is 33.2 Å². The lowest BCUT2D eigenvalue weighted by molar-refractivity contribution is 0.185. The number of aromatic nitrogens is 1. The first-order valence-electron chi connectivity index (χ1n) is 6.60. The van der Waals surface area contributed by atoms with Crippen LogP contribution in [0.3, 0.4) is 0 Å². The van der Waals surface area contributed by atoms with Crippen molar-refractivity contribution in [2.75, 3.05) is 31.1 Å². The zero-order valence-corrected chi connectivity index (χ0v) is 12.1. The van der Waals surface area contributed by atoms with Crippen molar-refractivity contribution in [2.24, 2.45) is 0 Å². The Morgan fingerprint density at radius 3 is 2.42 bits per heavy atom. The third-order valence-corrected chi connectivity index (χ3v) is 2.99. The molecule has 0 bridgehead atoms. The minimum Gasteiger partial charge on any atom is -0.360 e. The summed E-state index contributed by atoms with van der Waals surface area (Å²) in [7, 11) is 0. The molecule has 1 N–H and O–H groups in total. The fraction of sp³-hybridized carbons (Fsp3) is 0.692. The van der Waals surface area contributed by atoms with Crippen LogP contribution in [0, 0.1) is 6.92 Å². The molecule has 19 heavy (non-hydrogen) atoms. The molecule has 1 saturated heterocycles. The van der Waals surface area contributed by atoms with Crippen molar-refractivity contribution in [3.63, 3.8) is 0 Å². The Balaban J connectivity index is 1.87. The van der Waals surface area contributed by atoms with E-state index in [0.29, 0.717) is 13.1 Å². The Kier molecular flexibility index (Phi) is 3.68. The molecule has 0 saturated carbocycles. The largest absolute Gasteiger partial charge is 0.360 e. The number of urea groups is 1. The highest BCUT2D eigenvalue weighted by Crippen LogP contribution is 2.16. The summed E-state index contributed by atoms with van der Waals surface area (Å²) >= 11 is 0. The minimum absolute atomic E-state index is 0.00323. The van der Waals surface area contributed by atoms with Crippen LogP contribution >= 0.6 is 0 Å². The molecule has 2 rings (SSSR count). The van der Waals surface area contributed by atoms with Crippen LogP contribution in [0.5, 0.6) is 0 Å². The fourth-order valence-corrected chi connectivity index (χ4v) is 2.04. The van der Waals surface area contributed by atoms with Gasteiger partial charge in [-0.15, -0.1) is 0 Å². The SMILES string of the molecule is Cc1cc(N2CCN(C(=O)NC(C)(C)C)CC2)no1. The first-order valence-corrected chi connectivity index (χ1v) is 6.60. The molecule has 6 nitrogen and oxygen atoms in total. The predicted octanol–water partition coefficient (Wildman–Crippen LogP) is 1.61. The average Bonchev–Trinajstić information content (AvgIpc) is 2.74. The lowest BCUT2D eigenvalue weighted by atomic mass is 10.1. The second-order valence-corrected chi connectivity index (χ2v) is 5.95. The number of hydrogen-bond donors (Lipinski definition) is 1. The van der Waals surface area contributed by atoms with E-state index < -0.39 is 0 Å². The van der Waals surface area contributed by atoms with Crippen molar-refractivity contribution >= 4 is 11.8 Å². The van der Waals surface area contributed by atoms with E-state index in [4.69, 9.17) is 4.52 Å². The van der Waals surface area contributed by atoms with Crippen LogP contribution < -0.4 is 10.2 Å². The maximum absolute atomic E-state index is 12.0. The van der Waals surface area contributed by atoms with Gasteiger partial charge in [-0.05, 0) is 27.7 Å². The summed E-state index contributed by atoms with van der Waals surface area (Å²) in [6, 6.07) is 1.92. The van der Waals surface area contributed by atoms with Crippen molar-refractivity contribution in [3.05, 3.63) is 11.8 Å². The topological polar surface area (TPSA) is 61.6 Å². The zero-order chi connectivity index (χ0) is 14.0. The molecule has 2 heterocycles. The van der Waals surface area contributed by atoms with Gasteiger partial charge in [-0.25, -0.2) is 4.79 Å². The van der Waals surface area contributed by atoms with Gasteiger partial charge in [-0.2, -0.15) is 0 Å². The summed E-state index contributed by atoms with van der Waals surface area (Å²) in [5, 5.41) is 6.98. The van der Waals surface area contributed by atoms with Gasteiger partial charge in [0, 0.05) is 37.8 Å². The molecule has 0 spiro atoms. The molecular formula is C13H22N4O2. The predicted molar refractivity (Wildman–Crippen MR) is 73.3 cm³/mol. The Morgan fingerprint density at radius 2 is 1.95 bits per heavy atom. The molecular weight excluding hydrogens is 244 g/mol. The van der Waals surface area contributed by atoms with E-state index in [1.165, 1.54) is 0 Å². The summed E-state index contributed by atoms with van der Waals surface area (Å²) in [6.45, 7) is 10.8. The van der Waals surface area contributed by atoms with Gasteiger partial charge in [0.25, 0.3) is 0 Å². The molecule has 1 aromatic rings. The number of hydrogen-bond acceptors (Lipinski definition) is 4. The average molecular weight is 266 g/mol. The first kappa shape index (κ1) is 13.7. The Bertz CT molecular complexity index is 442. The van der Waals surface area contributed by atoms with Crippen LogP contribution in [-0.4, -0.2) is 47.8 Å². The zero-order valence-electron chi connectivity index (χ0n) is 12.1. The van der Waals surface area contributed by atoms with Gasteiger partial charge < -0.3 is 19.6 Å². The van der Waals surface area contributed by atoms with Crippen LogP contribution in [0.15, 0.2) is 10.6 Å². The van der Waals surface area contributed by atoms with Gasteiger partial charge in [0.1, 0.15) is 5.76 Å². The lowest BCUT2D eigenvalue weighted by Crippen LogP contribution is -2.55. The van der Waals surface area contributed by atoms with Crippen LogP contribution in [0.1, 0.15) is 26.5 Å². The summed E-state index contributed by atoms with van der Waals surface area (Å²) in [5.41, 5.74) is -0.197. The fourth-order valence-electron chi connectivity index (χ4n) is 2.04. The number of carbonyl (C=O) groups excluding carboxylic acids is 1. The number of aryl methyl sites for hydroxylation is 1. The smallest absolute Gasteiger partial charge is 0.317 e. The summed E-state index contributed by atoms with van der Waals surface area (Å²) in [4.78, 5) is 16.0. The van der Waals surface area contributed by atoms with E-state index in [1.54, 1.807) is 0 Å². The molecule has 6 heteroatoms. The standard InChI is InChI=1S/C13H22N4O2/c1-10-9-11(15-19-10)16-5-7-17(8-6-16)12(18)14-13(2,3)4/h9H,5-8H2,1-4H3,(H,14,18). The molecule has 1 aliphatic heterocycles. The maximum Gasteiger partial charge on any atom is 0.317 e. The normalized spacial score (nSPS) is 16.6. The molecule has 0 aliphatic carbocycles. The van der Waals surface area contributed by atoms with Gasteiger partial charge in [0.05, 0.1) is 0 Å². The minimum atomic E-state index is -0.197. The third kappa shape index (κ3) is 3.62. The quantitative estimate of drug-likeness (QED) is 0.839. The van der Waals surface area contributed by atoms with E-state index in [2.05, 4.69) is 15.4 Å². The summed E-state index contributed by atoms with van der Waals surface area (Å²) in [5.74, 6) is 1.66. The number of nitrogens with one attached hydrogen (secondary N) is 1. The van der Waals surface area contributed by atoms with Crippen LogP contribution in [0.4, 0.5) is 10.6 Å². The number of piperazine rings is 1. The number of carbonyl (C=O) groups is 1. The molecule has 1 aliphatic rings. The summed E-state index contributed by atoms with van der Waals surface area (Å²) < 4.78 is 5.07. The van der Waals surface area contributed by atoms with Crippen molar-refractivity contribution < 1.29 is 9.32 Å². The van der Waals surface area contributed by atoms with Crippen LogP contribution in [0.25, 0.3) is 0 Å². The first-order chi connectivity index (χ1) is 8.85.